The van der Waals surface area contributed by atoms with E-state index in [9.17, 15) is 66.4 Å². The Morgan fingerprint density at radius 1 is 0.417 bits per heavy atom. The molecule has 5 aliphatic rings. The molecule has 0 aromatic rings. The molecule has 0 spiro atoms. The first kappa shape index (κ1) is 38.4. The molecule has 5 fully saturated rings. The maximum Gasteiger partial charge on any atom is 0.187 e. The molecule has 5 heterocycles. The second-order valence-corrected chi connectivity index (χ2v) is 12.0. The van der Waals surface area contributed by atoms with Gasteiger partial charge in [0.1, 0.15) is 97.7 Å². The molecule has 0 bridgehead atoms. The van der Waals surface area contributed by atoms with Crippen molar-refractivity contribution in [3.63, 3.8) is 0 Å². The number of aliphatic hydroxyl groups is 13. The van der Waals surface area contributed by atoms with Crippen molar-refractivity contribution in [3.05, 3.63) is 0 Å². The average Bonchev–Trinajstić information content (AvgIpc) is 3.82. The van der Waals surface area contributed by atoms with Gasteiger partial charge in [0.25, 0.3) is 0 Å². The molecule has 5 aliphatic heterocycles. The van der Waals surface area contributed by atoms with Crippen LogP contribution in [0.15, 0.2) is 0 Å². The van der Waals surface area contributed by atoms with Crippen LogP contribution in [0, 0.1) is 0 Å². The van der Waals surface area contributed by atoms with Crippen LogP contribution in [0.2, 0.25) is 0 Å². The summed E-state index contributed by atoms with van der Waals surface area (Å²) >= 11 is 0. The molecule has 0 aromatic heterocycles. The minimum atomic E-state index is -1.85. The number of rotatable bonds is 14. The molecule has 0 radical (unpaired) electrons. The molecule has 0 saturated carbocycles. The standard InChI is InChI=1S/C26H44O22/c27-1-6(32)17-19(46-24-15(37)12(34)8(3-29)42-24)16(38)25(44-17)47-20-13(35)9(4-30)43-26(20)48-21-18(10(5-31)40-22(21)39)45-23-14(36)11(33)7(2-28)41-23/h6-39H,1-5H2/t6-,7+,8+,9+,10+,11+,12+,13+,14-,15-,16-,17+,18+,19-,20-,21-,22+,23+,24+,25+,26-/m1/s1. The molecule has 280 valence electrons. The van der Waals surface area contributed by atoms with E-state index in [4.69, 9.17) is 42.6 Å². The minimum absolute atomic E-state index is 0.669. The van der Waals surface area contributed by atoms with Crippen molar-refractivity contribution in [2.75, 3.05) is 33.0 Å². The van der Waals surface area contributed by atoms with E-state index in [2.05, 4.69) is 0 Å². The molecule has 21 atom stereocenters. The van der Waals surface area contributed by atoms with Gasteiger partial charge >= 0.3 is 0 Å². The Hall–Kier alpha value is -0.880. The van der Waals surface area contributed by atoms with Gasteiger partial charge < -0.3 is 109 Å². The Morgan fingerprint density at radius 3 is 1.35 bits per heavy atom. The summed E-state index contributed by atoms with van der Waals surface area (Å²) in [6.45, 7) is -3.76. The summed E-state index contributed by atoms with van der Waals surface area (Å²) in [4.78, 5) is 0. The lowest BCUT2D eigenvalue weighted by Gasteiger charge is -2.31. The number of aliphatic hydroxyl groups excluding tert-OH is 13. The van der Waals surface area contributed by atoms with E-state index in [1.165, 1.54) is 0 Å². The fraction of sp³-hybridized carbons (Fsp3) is 1.00. The van der Waals surface area contributed by atoms with Crippen molar-refractivity contribution in [2.24, 2.45) is 0 Å². The van der Waals surface area contributed by atoms with E-state index in [1.807, 2.05) is 0 Å². The van der Waals surface area contributed by atoms with E-state index in [0.717, 1.165) is 0 Å². The quantitative estimate of drug-likeness (QED) is 0.0796. The van der Waals surface area contributed by atoms with Gasteiger partial charge in [0.2, 0.25) is 0 Å². The number of hydrogen-bond donors (Lipinski definition) is 13. The highest BCUT2D eigenvalue weighted by molar-refractivity contribution is 4.98. The summed E-state index contributed by atoms with van der Waals surface area (Å²) in [5.41, 5.74) is 0. The van der Waals surface area contributed by atoms with Gasteiger partial charge in [-0.05, 0) is 0 Å². The maximum atomic E-state index is 11.1. The molecular formula is C26H44O22. The van der Waals surface area contributed by atoms with Crippen LogP contribution in [0.1, 0.15) is 0 Å². The molecule has 0 unspecified atom stereocenters. The molecule has 5 rings (SSSR count). The third-order valence-corrected chi connectivity index (χ3v) is 8.90. The van der Waals surface area contributed by atoms with Crippen LogP contribution in [0.3, 0.4) is 0 Å². The summed E-state index contributed by atoms with van der Waals surface area (Å²) in [5.74, 6) is 0. The maximum absolute atomic E-state index is 11.1. The third-order valence-electron chi connectivity index (χ3n) is 8.90. The van der Waals surface area contributed by atoms with E-state index in [0.29, 0.717) is 0 Å². The highest BCUT2D eigenvalue weighted by Crippen LogP contribution is 2.37. The highest BCUT2D eigenvalue weighted by atomic mass is 16.8. The van der Waals surface area contributed by atoms with Crippen molar-refractivity contribution in [1.82, 2.24) is 0 Å². The van der Waals surface area contributed by atoms with Crippen LogP contribution in [-0.2, 0) is 42.6 Å². The lowest BCUT2D eigenvalue weighted by atomic mass is 10.1. The van der Waals surface area contributed by atoms with Gasteiger partial charge in [-0.25, -0.2) is 0 Å². The van der Waals surface area contributed by atoms with Gasteiger partial charge in [0.15, 0.2) is 31.5 Å². The van der Waals surface area contributed by atoms with Crippen LogP contribution >= 0.6 is 0 Å². The van der Waals surface area contributed by atoms with Gasteiger partial charge in [0.05, 0.1) is 33.0 Å². The number of ether oxygens (including phenoxy) is 9. The summed E-state index contributed by atoms with van der Waals surface area (Å²) in [6.07, 6.45) is -33.1. The molecule has 0 amide bonds. The Balaban J connectivity index is 1.32. The van der Waals surface area contributed by atoms with Gasteiger partial charge in [0, 0.05) is 0 Å². The van der Waals surface area contributed by atoms with Crippen LogP contribution in [0.4, 0.5) is 0 Å². The minimum Gasteiger partial charge on any atom is -0.394 e. The van der Waals surface area contributed by atoms with Crippen LogP contribution < -0.4 is 0 Å². The molecule has 22 heteroatoms. The highest BCUT2D eigenvalue weighted by Gasteiger charge is 2.58. The van der Waals surface area contributed by atoms with Crippen LogP contribution in [-0.4, -0.2) is 229 Å². The van der Waals surface area contributed by atoms with Crippen LogP contribution in [0.5, 0.6) is 0 Å². The fourth-order valence-electron chi connectivity index (χ4n) is 6.19. The van der Waals surface area contributed by atoms with E-state index < -0.39 is 162 Å². The van der Waals surface area contributed by atoms with E-state index in [1.54, 1.807) is 0 Å². The molecule has 0 aromatic carbocycles. The first-order valence-corrected chi connectivity index (χ1v) is 15.3. The SMILES string of the molecule is OC[C@@H](O)[C@@H]1O[C@@H](O[C@H]2[C@@H](O[C@@H]3[C@@H](O[C@@H]4O[C@@H](CO)[C@H](O)[C@H]4O)[C@H](CO)O[C@@H]3O)O[C@@H](CO)[C@@H]2O)[C@H](O)[C@H]1O[C@@H]1O[C@@H](CO)[C@H](O)[C@H]1O. The second kappa shape index (κ2) is 16.2. The summed E-state index contributed by atoms with van der Waals surface area (Å²) in [6, 6.07) is 0. The molecule has 22 nitrogen and oxygen atoms in total. The Bertz CT molecular complexity index is 1010. The topological polar surface area (TPSA) is 346 Å². The molecule has 48 heavy (non-hydrogen) atoms. The van der Waals surface area contributed by atoms with Gasteiger partial charge in [-0.15, -0.1) is 0 Å². The van der Waals surface area contributed by atoms with Crippen molar-refractivity contribution >= 4 is 0 Å². The first-order valence-electron chi connectivity index (χ1n) is 15.3. The smallest absolute Gasteiger partial charge is 0.187 e. The lowest BCUT2D eigenvalue weighted by molar-refractivity contribution is -0.283. The predicted molar refractivity (Wildman–Crippen MR) is 142 cm³/mol. The zero-order valence-corrected chi connectivity index (χ0v) is 25.1. The van der Waals surface area contributed by atoms with E-state index in [-0.39, 0.29) is 0 Å². The zero-order valence-electron chi connectivity index (χ0n) is 25.1. The first-order chi connectivity index (χ1) is 22.9. The zero-order chi connectivity index (χ0) is 35.0. The van der Waals surface area contributed by atoms with Crippen molar-refractivity contribution in [1.29, 1.82) is 0 Å². The molecular weight excluding hydrogens is 664 g/mol. The Morgan fingerprint density at radius 2 is 0.854 bits per heavy atom. The van der Waals surface area contributed by atoms with Gasteiger partial charge in [-0.3, -0.25) is 0 Å². The molecule has 5 saturated heterocycles. The normalized spacial score (nSPS) is 51.7. The van der Waals surface area contributed by atoms with Crippen molar-refractivity contribution < 1.29 is 109 Å². The van der Waals surface area contributed by atoms with Crippen molar-refractivity contribution in [3.8, 4) is 0 Å². The van der Waals surface area contributed by atoms with Gasteiger partial charge in [-0.1, -0.05) is 0 Å². The van der Waals surface area contributed by atoms with Crippen LogP contribution in [0.25, 0.3) is 0 Å². The average molecular weight is 709 g/mol. The molecule has 13 N–H and O–H groups in total. The Labute approximate surface area is 271 Å². The molecule has 0 aliphatic carbocycles. The summed E-state index contributed by atoms with van der Waals surface area (Å²) in [7, 11) is 0. The fourth-order valence-corrected chi connectivity index (χ4v) is 6.19. The Kier molecular flexibility index (Phi) is 12.9. The third kappa shape index (κ3) is 7.38. The largest absolute Gasteiger partial charge is 0.394 e. The van der Waals surface area contributed by atoms with Gasteiger partial charge in [-0.2, -0.15) is 0 Å². The second-order valence-electron chi connectivity index (χ2n) is 12.0. The summed E-state index contributed by atoms with van der Waals surface area (Å²) in [5, 5.41) is 132. The predicted octanol–water partition coefficient (Wildman–Crippen LogP) is -9.37. The van der Waals surface area contributed by atoms with Crippen molar-refractivity contribution in [2.45, 2.75) is 129 Å². The van der Waals surface area contributed by atoms with E-state index >= 15 is 0 Å². The number of hydrogen-bond acceptors (Lipinski definition) is 22. The monoisotopic (exact) mass is 708 g/mol. The lowest BCUT2D eigenvalue weighted by Crippen LogP contribution is -2.49. The summed E-state index contributed by atoms with van der Waals surface area (Å²) < 4.78 is 50.0.